The van der Waals surface area contributed by atoms with Crippen LogP contribution in [0.4, 0.5) is 0 Å². The highest BCUT2D eigenvalue weighted by Gasteiger charge is 2.38. The second kappa shape index (κ2) is 7.43. The lowest BCUT2D eigenvalue weighted by Crippen LogP contribution is -2.59. The van der Waals surface area contributed by atoms with Crippen molar-refractivity contribution >= 4 is 0 Å². The zero-order valence-electron chi connectivity index (χ0n) is 12.4. The second-order valence-electron chi connectivity index (χ2n) is 5.56. The first-order valence-corrected chi connectivity index (χ1v) is 7.13. The van der Waals surface area contributed by atoms with Gasteiger partial charge in [-0.25, -0.2) is 0 Å². The molecule has 1 aliphatic heterocycles. The van der Waals surface area contributed by atoms with Crippen LogP contribution >= 0.6 is 0 Å². The summed E-state index contributed by atoms with van der Waals surface area (Å²) in [6.07, 6.45) is 5.76. The van der Waals surface area contributed by atoms with Gasteiger partial charge in [-0.3, -0.25) is 4.90 Å². The van der Waals surface area contributed by atoms with E-state index in [0.717, 1.165) is 13.0 Å². The first-order chi connectivity index (χ1) is 8.61. The van der Waals surface area contributed by atoms with Crippen LogP contribution in [0.2, 0.25) is 0 Å². The SMILES string of the molecule is CCC1CCCCN1C(C)(CN)CC(OC)OC. The standard InChI is InChI=1S/C14H30N2O2/c1-5-12-8-6-7-9-16(12)14(2,11-15)10-13(17-3)18-4/h12-13H,5-11,15H2,1-4H3. The summed E-state index contributed by atoms with van der Waals surface area (Å²) in [5.41, 5.74) is 6.03. The Bertz CT molecular complexity index is 234. The quantitative estimate of drug-likeness (QED) is 0.709. The van der Waals surface area contributed by atoms with Gasteiger partial charge in [0.15, 0.2) is 6.29 Å². The maximum atomic E-state index is 6.06. The molecule has 18 heavy (non-hydrogen) atoms. The molecular weight excluding hydrogens is 228 g/mol. The van der Waals surface area contributed by atoms with Crippen LogP contribution in [0, 0.1) is 0 Å². The third-order valence-corrected chi connectivity index (χ3v) is 4.36. The summed E-state index contributed by atoms with van der Waals surface area (Å²) in [4.78, 5) is 2.58. The third-order valence-electron chi connectivity index (χ3n) is 4.36. The van der Waals surface area contributed by atoms with E-state index in [1.54, 1.807) is 14.2 Å². The van der Waals surface area contributed by atoms with E-state index in [1.807, 2.05) is 0 Å². The summed E-state index contributed by atoms with van der Waals surface area (Å²) in [7, 11) is 3.39. The van der Waals surface area contributed by atoms with Crippen LogP contribution in [0.3, 0.4) is 0 Å². The Balaban J connectivity index is 2.76. The van der Waals surface area contributed by atoms with Crippen molar-refractivity contribution in [3.63, 3.8) is 0 Å². The molecule has 0 bridgehead atoms. The van der Waals surface area contributed by atoms with Crippen molar-refractivity contribution in [2.45, 2.75) is 63.8 Å². The third kappa shape index (κ3) is 3.67. The Labute approximate surface area is 112 Å². The van der Waals surface area contributed by atoms with Gasteiger partial charge in [0, 0.05) is 38.8 Å². The molecule has 0 aromatic carbocycles. The Kier molecular flexibility index (Phi) is 6.57. The van der Waals surface area contributed by atoms with Gasteiger partial charge in [0.05, 0.1) is 0 Å². The zero-order chi connectivity index (χ0) is 13.6. The van der Waals surface area contributed by atoms with Gasteiger partial charge in [0.25, 0.3) is 0 Å². The van der Waals surface area contributed by atoms with Gasteiger partial charge < -0.3 is 15.2 Å². The smallest absolute Gasteiger partial charge is 0.158 e. The van der Waals surface area contributed by atoms with Gasteiger partial charge in [0.1, 0.15) is 0 Å². The molecule has 0 aliphatic carbocycles. The van der Waals surface area contributed by atoms with Crippen molar-refractivity contribution in [2.75, 3.05) is 27.3 Å². The molecule has 108 valence electrons. The molecule has 0 aromatic heterocycles. The van der Waals surface area contributed by atoms with Crippen molar-refractivity contribution in [3.8, 4) is 0 Å². The van der Waals surface area contributed by atoms with Crippen LogP contribution in [0.1, 0.15) is 46.0 Å². The normalized spacial score (nSPS) is 25.3. The molecule has 2 N–H and O–H groups in total. The fraction of sp³-hybridized carbons (Fsp3) is 1.00. The predicted octanol–water partition coefficient (Wildman–Crippen LogP) is 1.98. The van der Waals surface area contributed by atoms with Crippen LogP contribution in [-0.4, -0.2) is 50.1 Å². The first kappa shape index (κ1) is 15.9. The monoisotopic (exact) mass is 258 g/mol. The summed E-state index contributed by atoms with van der Waals surface area (Å²) in [6.45, 7) is 6.30. The molecule has 1 heterocycles. The molecule has 0 radical (unpaired) electrons. The maximum absolute atomic E-state index is 6.06. The Morgan fingerprint density at radius 3 is 2.50 bits per heavy atom. The summed E-state index contributed by atoms with van der Waals surface area (Å²) in [6, 6.07) is 0.654. The highest BCUT2D eigenvalue weighted by Crippen LogP contribution is 2.30. The summed E-state index contributed by atoms with van der Waals surface area (Å²) < 4.78 is 10.7. The van der Waals surface area contributed by atoms with E-state index >= 15 is 0 Å². The lowest BCUT2D eigenvalue weighted by molar-refractivity contribution is -0.134. The van der Waals surface area contributed by atoms with E-state index in [2.05, 4.69) is 18.7 Å². The first-order valence-electron chi connectivity index (χ1n) is 7.13. The molecule has 1 fully saturated rings. The Morgan fingerprint density at radius 1 is 1.33 bits per heavy atom. The van der Waals surface area contributed by atoms with Crippen molar-refractivity contribution < 1.29 is 9.47 Å². The largest absolute Gasteiger partial charge is 0.356 e. The molecule has 1 aliphatic rings. The lowest BCUT2D eigenvalue weighted by Gasteiger charge is -2.48. The van der Waals surface area contributed by atoms with E-state index in [9.17, 15) is 0 Å². The van der Waals surface area contributed by atoms with Gasteiger partial charge in [-0.15, -0.1) is 0 Å². The van der Waals surface area contributed by atoms with E-state index in [4.69, 9.17) is 15.2 Å². The number of hydrogen-bond acceptors (Lipinski definition) is 4. The average molecular weight is 258 g/mol. The number of nitrogens with two attached hydrogens (primary N) is 1. The maximum Gasteiger partial charge on any atom is 0.158 e. The van der Waals surface area contributed by atoms with Gasteiger partial charge in [0.2, 0.25) is 0 Å². The number of rotatable bonds is 7. The fourth-order valence-electron chi connectivity index (χ4n) is 3.08. The van der Waals surface area contributed by atoms with Crippen molar-refractivity contribution in [1.82, 2.24) is 4.90 Å². The molecule has 2 atom stereocenters. The molecular formula is C14H30N2O2. The van der Waals surface area contributed by atoms with Crippen LogP contribution in [-0.2, 0) is 9.47 Å². The molecule has 0 amide bonds. The molecule has 1 rings (SSSR count). The molecule has 0 saturated carbocycles. The minimum atomic E-state index is -0.169. The lowest BCUT2D eigenvalue weighted by atomic mass is 9.88. The number of piperidine rings is 1. The molecule has 0 spiro atoms. The Morgan fingerprint density at radius 2 is 2.00 bits per heavy atom. The zero-order valence-corrected chi connectivity index (χ0v) is 12.4. The van der Waals surface area contributed by atoms with Gasteiger partial charge >= 0.3 is 0 Å². The average Bonchev–Trinajstić information content (AvgIpc) is 2.44. The van der Waals surface area contributed by atoms with Crippen molar-refractivity contribution in [3.05, 3.63) is 0 Å². The van der Waals surface area contributed by atoms with Crippen LogP contribution in [0.5, 0.6) is 0 Å². The van der Waals surface area contributed by atoms with E-state index in [1.165, 1.54) is 25.7 Å². The molecule has 0 aromatic rings. The van der Waals surface area contributed by atoms with Gasteiger partial charge in [-0.05, 0) is 32.7 Å². The minimum Gasteiger partial charge on any atom is -0.356 e. The van der Waals surface area contributed by atoms with E-state index in [0.29, 0.717) is 12.6 Å². The number of ether oxygens (including phenoxy) is 2. The van der Waals surface area contributed by atoms with Gasteiger partial charge in [-0.2, -0.15) is 0 Å². The van der Waals surface area contributed by atoms with Crippen LogP contribution in [0.15, 0.2) is 0 Å². The number of hydrogen-bond donors (Lipinski definition) is 1. The van der Waals surface area contributed by atoms with Crippen molar-refractivity contribution in [2.24, 2.45) is 5.73 Å². The topological polar surface area (TPSA) is 47.7 Å². The summed E-state index contributed by atoms with van der Waals surface area (Å²) in [5.74, 6) is 0. The van der Waals surface area contributed by atoms with Gasteiger partial charge in [-0.1, -0.05) is 13.3 Å². The predicted molar refractivity (Wildman–Crippen MR) is 74.5 cm³/mol. The van der Waals surface area contributed by atoms with Crippen LogP contribution < -0.4 is 5.73 Å². The molecule has 4 heteroatoms. The number of likely N-dealkylation sites (tertiary alicyclic amines) is 1. The number of methoxy groups -OCH3 is 2. The van der Waals surface area contributed by atoms with Crippen LogP contribution in [0.25, 0.3) is 0 Å². The van der Waals surface area contributed by atoms with E-state index < -0.39 is 0 Å². The fourth-order valence-corrected chi connectivity index (χ4v) is 3.08. The highest BCUT2D eigenvalue weighted by atomic mass is 16.7. The van der Waals surface area contributed by atoms with E-state index in [-0.39, 0.29) is 11.8 Å². The summed E-state index contributed by atoms with van der Waals surface area (Å²) >= 11 is 0. The van der Waals surface area contributed by atoms with Crippen molar-refractivity contribution in [1.29, 1.82) is 0 Å². The molecule has 1 saturated heterocycles. The Hall–Kier alpha value is -0.160. The summed E-state index contributed by atoms with van der Waals surface area (Å²) in [5, 5.41) is 0. The number of nitrogens with zero attached hydrogens (tertiary/aromatic N) is 1. The molecule has 2 unspecified atom stereocenters. The minimum absolute atomic E-state index is 0.0300. The molecule has 4 nitrogen and oxygen atoms in total. The highest BCUT2D eigenvalue weighted by molar-refractivity contribution is 4.93. The second-order valence-corrected chi connectivity index (χ2v) is 5.56.